The van der Waals surface area contributed by atoms with Gasteiger partial charge >= 0.3 is 11.9 Å². The van der Waals surface area contributed by atoms with Crippen LogP contribution in [0.25, 0.3) is 0 Å². The summed E-state index contributed by atoms with van der Waals surface area (Å²) < 4.78 is 10.1. The van der Waals surface area contributed by atoms with E-state index >= 15 is 0 Å². The maximum atomic E-state index is 11.5. The first kappa shape index (κ1) is 14.8. The third kappa shape index (κ3) is 3.37. The Morgan fingerprint density at radius 1 is 1.37 bits per heavy atom. The lowest BCUT2D eigenvalue weighted by molar-refractivity contribution is -0.152. The molecule has 0 amide bonds. The van der Waals surface area contributed by atoms with Crippen LogP contribution in [-0.4, -0.2) is 30.8 Å². The van der Waals surface area contributed by atoms with Crippen LogP contribution in [0, 0.1) is 5.41 Å². The molecule has 19 heavy (non-hydrogen) atoms. The molecule has 0 spiro atoms. The second-order valence-corrected chi connectivity index (χ2v) is 4.69. The number of aromatic carboxylic acids is 1. The summed E-state index contributed by atoms with van der Waals surface area (Å²) in [5.41, 5.74) is 4.96. The first-order valence-corrected chi connectivity index (χ1v) is 5.62. The van der Waals surface area contributed by atoms with Crippen LogP contribution in [-0.2, 0) is 9.53 Å². The van der Waals surface area contributed by atoms with Crippen molar-refractivity contribution in [3.05, 3.63) is 23.8 Å². The molecule has 0 aliphatic rings. The molecular weight excluding hydrogens is 250 g/mol. The summed E-state index contributed by atoms with van der Waals surface area (Å²) in [5, 5.41) is 9.05. The monoisotopic (exact) mass is 267 g/mol. The van der Waals surface area contributed by atoms with Crippen molar-refractivity contribution < 1.29 is 24.2 Å². The van der Waals surface area contributed by atoms with Crippen LogP contribution in [0.4, 0.5) is 5.69 Å². The minimum absolute atomic E-state index is 0.0336. The summed E-state index contributed by atoms with van der Waals surface area (Å²) >= 11 is 0. The van der Waals surface area contributed by atoms with E-state index in [4.69, 9.17) is 15.6 Å². The highest BCUT2D eigenvalue weighted by Crippen LogP contribution is 2.28. The van der Waals surface area contributed by atoms with Gasteiger partial charge in [-0.1, -0.05) is 6.07 Å². The fourth-order valence-electron chi connectivity index (χ4n) is 1.47. The fraction of sp³-hybridized carbons (Fsp3) is 0.385. The van der Waals surface area contributed by atoms with Crippen molar-refractivity contribution in [2.45, 2.75) is 13.8 Å². The highest BCUT2D eigenvalue weighted by molar-refractivity contribution is 5.93. The average molecular weight is 267 g/mol. The number of benzene rings is 1. The van der Waals surface area contributed by atoms with Crippen molar-refractivity contribution >= 4 is 17.6 Å². The Morgan fingerprint density at radius 2 is 2.00 bits per heavy atom. The van der Waals surface area contributed by atoms with E-state index in [1.807, 2.05) is 0 Å². The minimum Gasteiger partial charge on any atom is -0.489 e. The van der Waals surface area contributed by atoms with E-state index in [1.165, 1.54) is 25.3 Å². The first-order chi connectivity index (χ1) is 8.79. The molecule has 0 saturated carbocycles. The van der Waals surface area contributed by atoms with Gasteiger partial charge in [0.2, 0.25) is 0 Å². The van der Waals surface area contributed by atoms with E-state index in [-0.39, 0.29) is 23.6 Å². The van der Waals surface area contributed by atoms with Crippen molar-refractivity contribution in [3.63, 3.8) is 0 Å². The molecular formula is C13H17NO5. The minimum atomic E-state index is -1.14. The number of esters is 1. The maximum Gasteiger partial charge on any atom is 0.339 e. The second kappa shape index (κ2) is 5.60. The summed E-state index contributed by atoms with van der Waals surface area (Å²) in [6.45, 7) is 3.24. The number of para-hydroxylation sites is 1. The van der Waals surface area contributed by atoms with E-state index in [2.05, 4.69) is 4.74 Å². The topological polar surface area (TPSA) is 98.9 Å². The molecule has 0 fully saturated rings. The molecule has 0 atom stereocenters. The predicted octanol–water partition coefficient (Wildman–Crippen LogP) is 1.54. The third-order valence-corrected chi connectivity index (χ3v) is 2.59. The Morgan fingerprint density at radius 3 is 2.53 bits per heavy atom. The van der Waals surface area contributed by atoms with Gasteiger partial charge in [-0.25, -0.2) is 4.79 Å². The van der Waals surface area contributed by atoms with Crippen LogP contribution in [0.2, 0.25) is 0 Å². The summed E-state index contributed by atoms with van der Waals surface area (Å²) in [7, 11) is 1.28. The van der Waals surface area contributed by atoms with E-state index < -0.39 is 17.4 Å². The fourth-order valence-corrected chi connectivity index (χ4v) is 1.47. The molecule has 0 aliphatic heterocycles. The smallest absolute Gasteiger partial charge is 0.339 e. The van der Waals surface area contributed by atoms with Gasteiger partial charge in [-0.15, -0.1) is 0 Å². The average Bonchev–Trinajstić information content (AvgIpc) is 2.35. The van der Waals surface area contributed by atoms with Gasteiger partial charge in [-0.05, 0) is 26.0 Å². The Bertz CT molecular complexity index is 496. The molecule has 0 unspecified atom stereocenters. The molecule has 6 nitrogen and oxygen atoms in total. The maximum absolute atomic E-state index is 11.5. The Labute approximate surface area is 111 Å². The van der Waals surface area contributed by atoms with Crippen molar-refractivity contribution in [3.8, 4) is 5.75 Å². The Balaban J connectivity index is 2.95. The number of nitrogen functional groups attached to an aromatic ring is 1. The lowest BCUT2D eigenvalue weighted by Crippen LogP contribution is -2.32. The molecule has 0 aliphatic carbocycles. The zero-order valence-electron chi connectivity index (χ0n) is 11.1. The van der Waals surface area contributed by atoms with Crippen LogP contribution in [0.1, 0.15) is 24.2 Å². The van der Waals surface area contributed by atoms with Gasteiger partial charge in [0.25, 0.3) is 0 Å². The van der Waals surface area contributed by atoms with Gasteiger partial charge in [0, 0.05) is 0 Å². The quantitative estimate of drug-likeness (QED) is 0.620. The zero-order valence-corrected chi connectivity index (χ0v) is 11.1. The molecule has 6 heteroatoms. The number of nitrogens with two attached hydrogens (primary N) is 1. The Kier molecular flexibility index (Phi) is 4.37. The number of carboxylic acid groups (broad SMARTS) is 1. The molecule has 0 saturated heterocycles. The number of hydrogen-bond acceptors (Lipinski definition) is 5. The molecule has 0 aromatic heterocycles. The number of hydrogen-bond donors (Lipinski definition) is 2. The highest BCUT2D eigenvalue weighted by atomic mass is 16.5. The highest BCUT2D eigenvalue weighted by Gasteiger charge is 2.30. The molecule has 1 aromatic rings. The lowest BCUT2D eigenvalue weighted by Gasteiger charge is -2.22. The van der Waals surface area contributed by atoms with E-state index in [9.17, 15) is 9.59 Å². The van der Waals surface area contributed by atoms with Crippen molar-refractivity contribution in [2.24, 2.45) is 5.41 Å². The molecule has 1 rings (SSSR count). The van der Waals surface area contributed by atoms with Crippen LogP contribution < -0.4 is 10.5 Å². The largest absolute Gasteiger partial charge is 0.489 e. The standard InChI is InChI=1S/C13H17NO5/c1-13(2,12(17)18-3)7-19-10-8(11(15)16)5-4-6-9(10)14/h4-6H,7,14H2,1-3H3,(H,15,16). The molecule has 0 radical (unpaired) electrons. The van der Waals surface area contributed by atoms with Gasteiger partial charge in [0.1, 0.15) is 12.2 Å². The van der Waals surface area contributed by atoms with Gasteiger partial charge in [0.15, 0.2) is 5.75 Å². The number of carboxylic acids is 1. The Hall–Kier alpha value is -2.24. The number of anilines is 1. The summed E-state index contributed by atoms with van der Waals surface area (Å²) in [6, 6.07) is 4.45. The van der Waals surface area contributed by atoms with Gasteiger partial charge in [0.05, 0.1) is 18.2 Å². The van der Waals surface area contributed by atoms with Crippen molar-refractivity contribution in [1.29, 1.82) is 0 Å². The van der Waals surface area contributed by atoms with E-state index in [0.29, 0.717) is 0 Å². The number of carbonyl (C=O) groups excluding carboxylic acids is 1. The van der Waals surface area contributed by atoms with Crippen molar-refractivity contribution in [2.75, 3.05) is 19.5 Å². The van der Waals surface area contributed by atoms with Crippen LogP contribution in [0.3, 0.4) is 0 Å². The number of rotatable bonds is 5. The normalized spacial score (nSPS) is 10.9. The predicted molar refractivity (Wildman–Crippen MR) is 69.1 cm³/mol. The third-order valence-electron chi connectivity index (χ3n) is 2.59. The van der Waals surface area contributed by atoms with Crippen LogP contribution in [0.15, 0.2) is 18.2 Å². The summed E-state index contributed by atoms with van der Waals surface area (Å²) in [4.78, 5) is 22.6. The molecule has 104 valence electrons. The van der Waals surface area contributed by atoms with Gasteiger partial charge in [-0.3, -0.25) is 4.79 Å². The molecule has 0 bridgehead atoms. The van der Waals surface area contributed by atoms with Gasteiger partial charge in [-0.2, -0.15) is 0 Å². The van der Waals surface area contributed by atoms with Crippen LogP contribution >= 0.6 is 0 Å². The number of ether oxygens (including phenoxy) is 2. The summed E-state index contributed by atoms with van der Waals surface area (Å²) in [5.74, 6) is -1.52. The van der Waals surface area contributed by atoms with E-state index in [1.54, 1.807) is 13.8 Å². The summed E-state index contributed by atoms with van der Waals surface area (Å²) in [6.07, 6.45) is 0. The van der Waals surface area contributed by atoms with E-state index in [0.717, 1.165) is 0 Å². The SMILES string of the molecule is COC(=O)C(C)(C)COc1c(N)cccc1C(=O)O. The number of methoxy groups -OCH3 is 1. The van der Waals surface area contributed by atoms with Gasteiger partial charge < -0.3 is 20.3 Å². The zero-order chi connectivity index (χ0) is 14.6. The molecule has 3 N–H and O–H groups in total. The van der Waals surface area contributed by atoms with Crippen molar-refractivity contribution in [1.82, 2.24) is 0 Å². The molecule has 0 heterocycles. The van der Waals surface area contributed by atoms with Crippen LogP contribution in [0.5, 0.6) is 5.75 Å². The second-order valence-electron chi connectivity index (χ2n) is 4.69. The number of carbonyl (C=O) groups is 2. The molecule has 1 aromatic carbocycles. The first-order valence-electron chi connectivity index (χ1n) is 5.62. The lowest BCUT2D eigenvalue weighted by atomic mass is 9.95.